The van der Waals surface area contributed by atoms with E-state index >= 15 is 0 Å². The molecule has 4 heteroatoms. The van der Waals surface area contributed by atoms with Crippen LogP contribution in [0.1, 0.15) is 25.3 Å². The second-order valence-electron chi connectivity index (χ2n) is 4.31. The Kier molecular flexibility index (Phi) is 4.09. The summed E-state index contributed by atoms with van der Waals surface area (Å²) < 4.78 is 0. The summed E-state index contributed by atoms with van der Waals surface area (Å²) in [7, 11) is 0. The van der Waals surface area contributed by atoms with Crippen molar-refractivity contribution in [3.05, 3.63) is 35.9 Å². The van der Waals surface area contributed by atoms with E-state index in [0.29, 0.717) is 11.0 Å². The fourth-order valence-corrected chi connectivity index (χ4v) is 1.67. The van der Waals surface area contributed by atoms with Gasteiger partial charge >= 0.3 is 0 Å². The van der Waals surface area contributed by atoms with Gasteiger partial charge in [0.05, 0.1) is 0 Å². The topological polar surface area (TPSA) is 36.4 Å². The molecule has 0 atom stereocenters. The van der Waals surface area contributed by atoms with Crippen LogP contribution in [0.3, 0.4) is 0 Å². The first kappa shape index (κ1) is 12.0. The lowest BCUT2D eigenvalue weighted by Gasteiger charge is -2.07. The third-order valence-electron chi connectivity index (χ3n) is 2.80. The Bertz CT molecular complexity index is 410. The second-order valence-corrected chi connectivity index (χ2v) is 4.72. The Labute approximate surface area is 107 Å². The summed E-state index contributed by atoms with van der Waals surface area (Å²) in [5, 5.41) is 7.97. The molecular weight excluding hydrogens is 230 g/mol. The Balaban J connectivity index is 1.72. The van der Waals surface area contributed by atoms with Gasteiger partial charge in [-0.2, -0.15) is 5.10 Å². The first-order valence-electron chi connectivity index (χ1n) is 5.87. The molecule has 3 nitrogen and oxygen atoms in total. The molecule has 1 aliphatic rings. The van der Waals surface area contributed by atoms with Gasteiger partial charge in [0, 0.05) is 12.3 Å². The van der Waals surface area contributed by atoms with Gasteiger partial charge in [-0.25, -0.2) is 0 Å². The lowest BCUT2D eigenvalue weighted by Crippen LogP contribution is -2.32. The normalized spacial score (nSPS) is 15.5. The predicted octanol–water partition coefficient (Wildman–Crippen LogP) is 2.44. The Morgan fingerprint density at radius 2 is 2.06 bits per heavy atom. The third-order valence-corrected chi connectivity index (χ3v) is 3.03. The molecule has 1 aromatic carbocycles. The van der Waals surface area contributed by atoms with Crippen molar-refractivity contribution in [2.24, 2.45) is 11.0 Å². The van der Waals surface area contributed by atoms with E-state index in [1.165, 1.54) is 18.4 Å². The van der Waals surface area contributed by atoms with E-state index in [-0.39, 0.29) is 0 Å². The maximum absolute atomic E-state index is 5.15. The third kappa shape index (κ3) is 4.15. The summed E-state index contributed by atoms with van der Waals surface area (Å²) in [5.74, 6) is 0.680. The summed E-state index contributed by atoms with van der Waals surface area (Å²) in [6.45, 7) is 2.77. The summed E-state index contributed by atoms with van der Waals surface area (Å²) in [6, 6.07) is 10.2. The molecule has 2 rings (SSSR count). The van der Waals surface area contributed by atoms with Crippen molar-refractivity contribution in [2.75, 3.05) is 0 Å². The van der Waals surface area contributed by atoms with Crippen molar-refractivity contribution < 1.29 is 0 Å². The number of hydrazone groups is 1. The van der Waals surface area contributed by atoms with Crippen LogP contribution < -0.4 is 10.7 Å². The van der Waals surface area contributed by atoms with Gasteiger partial charge in [-0.05, 0) is 43.5 Å². The molecule has 0 amide bonds. The van der Waals surface area contributed by atoms with Crippen LogP contribution in [0.4, 0.5) is 0 Å². The second kappa shape index (κ2) is 5.77. The van der Waals surface area contributed by atoms with Crippen molar-refractivity contribution in [1.82, 2.24) is 10.7 Å². The van der Waals surface area contributed by atoms with Crippen molar-refractivity contribution >= 4 is 23.0 Å². The smallest absolute Gasteiger partial charge is 0.187 e. The molecule has 1 aromatic rings. The molecule has 1 fully saturated rings. The molecule has 2 N–H and O–H groups in total. The number of hydrogen-bond donors (Lipinski definition) is 2. The molecule has 17 heavy (non-hydrogen) atoms. The lowest BCUT2D eigenvalue weighted by atomic mass is 10.2. The van der Waals surface area contributed by atoms with Gasteiger partial charge in [0.15, 0.2) is 5.11 Å². The van der Waals surface area contributed by atoms with E-state index in [1.54, 1.807) is 0 Å². The molecule has 0 aromatic heterocycles. The molecular formula is C13H17N3S. The largest absolute Gasteiger partial charge is 0.357 e. The fraction of sp³-hybridized carbons (Fsp3) is 0.385. The highest BCUT2D eigenvalue weighted by Crippen LogP contribution is 2.30. The van der Waals surface area contributed by atoms with E-state index in [2.05, 4.69) is 28.0 Å². The highest BCUT2D eigenvalue weighted by Gasteiger charge is 2.24. The average molecular weight is 247 g/mol. The molecule has 1 aliphatic carbocycles. The summed E-state index contributed by atoms with van der Waals surface area (Å²) >= 11 is 5.15. The molecule has 0 aliphatic heterocycles. The highest BCUT2D eigenvalue weighted by atomic mass is 32.1. The molecule has 0 heterocycles. The van der Waals surface area contributed by atoms with Gasteiger partial charge in [-0.15, -0.1) is 0 Å². The summed E-state index contributed by atoms with van der Waals surface area (Å²) in [6.07, 6.45) is 2.53. The van der Waals surface area contributed by atoms with Gasteiger partial charge in [-0.3, -0.25) is 5.43 Å². The minimum atomic E-state index is 0.578. The number of rotatable bonds is 4. The van der Waals surface area contributed by atoms with Crippen LogP contribution in [-0.2, 0) is 6.54 Å². The van der Waals surface area contributed by atoms with Gasteiger partial charge < -0.3 is 5.32 Å². The van der Waals surface area contributed by atoms with Gasteiger partial charge in [0.2, 0.25) is 0 Å². The van der Waals surface area contributed by atoms with Crippen LogP contribution in [0.5, 0.6) is 0 Å². The van der Waals surface area contributed by atoms with E-state index in [9.17, 15) is 0 Å². The number of thiocarbonyl (C=S) groups is 1. The van der Waals surface area contributed by atoms with Crippen molar-refractivity contribution in [3.8, 4) is 0 Å². The van der Waals surface area contributed by atoms with Crippen LogP contribution in [0.2, 0.25) is 0 Å². The predicted molar refractivity (Wildman–Crippen MR) is 74.8 cm³/mol. The molecule has 0 bridgehead atoms. The maximum Gasteiger partial charge on any atom is 0.187 e. The molecule has 0 unspecified atom stereocenters. The lowest BCUT2D eigenvalue weighted by molar-refractivity contribution is 0.862. The van der Waals surface area contributed by atoms with Crippen LogP contribution in [-0.4, -0.2) is 10.8 Å². The zero-order chi connectivity index (χ0) is 12.1. The van der Waals surface area contributed by atoms with Crippen LogP contribution >= 0.6 is 12.2 Å². The molecule has 90 valence electrons. The zero-order valence-electron chi connectivity index (χ0n) is 9.94. The van der Waals surface area contributed by atoms with E-state index < -0.39 is 0 Å². The van der Waals surface area contributed by atoms with Gasteiger partial charge in [0.1, 0.15) is 0 Å². The molecule has 0 radical (unpaired) electrons. The van der Waals surface area contributed by atoms with E-state index in [4.69, 9.17) is 12.2 Å². The van der Waals surface area contributed by atoms with Crippen LogP contribution in [0, 0.1) is 5.92 Å². The Morgan fingerprint density at radius 3 is 2.71 bits per heavy atom. The van der Waals surface area contributed by atoms with Crippen LogP contribution in [0.15, 0.2) is 35.4 Å². The monoisotopic (exact) mass is 247 g/mol. The van der Waals surface area contributed by atoms with Crippen molar-refractivity contribution in [1.29, 1.82) is 0 Å². The first-order chi connectivity index (χ1) is 8.25. The van der Waals surface area contributed by atoms with E-state index in [0.717, 1.165) is 12.3 Å². The van der Waals surface area contributed by atoms with Gasteiger partial charge in [0.25, 0.3) is 0 Å². The van der Waals surface area contributed by atoms with Crippen molar-refractivity contribution in [3.63, 3.8) is 0 Å². The quantitative estimate of drug-likeness (QED) is 0.487. The van der Waals surface area contributed by atoms with E-state index in [1.807, 2.05) is 25.1 Å². The summed E-state index contributed by atoms with van der Waals surface area (Å²) in [4.78, 5) is 0. The standard InChI is InChI=1S/C13H17N3S/c1-10(12-7-8-12)15-16-13(17)14-9-11-5-3-2-4-6-11/h2-6,12H,7-9H2,1H3,(H2,14,16,17)/b15-10+. The van der Waals surface area contributed by atoms with Crippen molar-refractivity contribution in [2.45, 2.75) is 26.3 Å². The van der Waals surface area contributed by atoms with Crippen LogP contribution in [0.25, 0.3) is 0 Å². The molecule has 0 saturated heterocycles. The molecule has 0 spiro atoms. The average Bonchev–Trinajstić information content (AvgIpc) is 3.19. The highest BCUT2D eigenvalue weighted by molar-refractivity contribution is 7.80. The summed E-state index contributed by atoms with van der Waals surface area (Å²) in [5.41, 5.74) is 5.24. The zero-order valence-corrected chi connectivity index (χ0v) is 10.8. The molecule has 1 saturated carbocycles. The maximum atomic E-state index is 5.15. The van der Waals surface area contributed by atoms with Gasteiger partial charge in [-0.1, -0.05) is 30.3 Å². The fourth-order valence-electron chi connectivity index (χ4n) is 1.55. The number of nitrogens with one attached hydrogen (secondary N) is 2. The number of nitrogens with zero attached hydrogens (tertiary/aromatic N) is 1. The number of benzene rings is 1. The first-order valence-corrected chi connectivity index (χ1v) is 6.28. The minimum absolute atomic E-state index is 0.578. The number of hydrogen-bond acceptors (Lipinski definition) is 2. The Morgan fingerprint density at radius 1 is 1.35 bits per heavy atom. The minimum Gasteiger partial charge on any atom is -0.357 e. The Hall–Kier alpha value is -1.42. The SMILES string of the molecule is C/C(=N\NC(=S)NCc1ccccc1)C1CC1.